The number of anilines is 1. The Morgan fingerprint density at radius 3 is 2.23 bits per heavy atom. The zero-order valence-corrected chi connectivity index (χ0v) is 23.6. The molecule has 0 saturated heterocycles. The Morgan fingerprint density at radius 1 is 1.03 bits per heavy atom. The van der Waals surface area contributed by atoms with E-state index in [1.165, 1.54) is 76.3 Å². The maximum absolute atomic E-state index is 12.3. The summed E-state index contributed by atoms with van der Waals surface area (Å²) in [6, 6.07) is 6.28. The Balaban J connectivity index is 0.000000303. The molecule has 35 heavy (non-hydrogen) atoms. The van der Waals surface area contributed by atoms with Gasteiger partial charge in [-0.05, 0) is 74.6 Å². The molecule has 0 atom stereocenters. The number of benzene rings is 1. The third kappa shape index (κ3) is 9.12. The van der Waals surface area contributed by atoms with Crippen LogP contribution in [0.4, 0.5) is 5.69 Å². The van der Waals surface area contributed by atoms with Crippen molar-refractivity contribution in [3.8, 4) is 5.75 Å². The molecule has 0 aromatic heterocycles. The van der Waals surface area contributed by atoms with Crippen molar-refractivity contribution in [2.24, 2.45) is 5.92 Å². The van der Waals surface area contributed by atoms with E-state index in [0.29, 0.717) is 0 Å². The maximum atomic E-state index is 12.3. The summed E-state index contributed by atoms with van der Waals surface area (Å²) in [5.41, 5.74) is 2.65. The lowest BCUT2D eigenvalue weighted by Gasteiger charge is -2.44. The summed E-state index contributed by atoms with van der Waals surface area (Å²) >= 11 is 0. The van der Waals surface area contributed by atoms with Crippen molar-refractivity contribution in [1.29, 1.82) is 0 Å². The standard InChI is InChI=1S/C20H31NO2.C11H23N/c1-5-7-8-14-21(16(3)22)19-15-17(23-4)10-11-18(19)20(6-2)12-9-13-20;1-2-12-10-11-8-6-4-3-5-7-9-11/h10-11,15H,5-9,12-14H2,1-4H3;11-12H,2-10H2,1H3. The highest BCUT2D eigenvalue weighted by molar-refractivity contribution is 5.93. The Morgan fingerprint density at radius 2 is 1.71 bits per heavy atom. The van der Waals surface area contributed by atoms with Crippen LogP contribution >= 0.6 is 0 Å². The van der Waals surface area contributed by atoms with Crippen molar-refractivity contribution >= 4 is 11.6 Å². The van der Waals surface area contributed by atoms with E-state index < -0.39 is 0 Å². The predicted molar refractivity (Wildman–Crippen MR) is 151 cm³/mol. The lowest BCUT2D eigenvalue weighted by molar-refractivity contribution is -0.116. The number of ether oxygens (including phenoxy) is 1. The molecule has 1 aromatic carbocycles. The number of hydrogen-bond acceptors (Lipinski definition) is 3. The zero-order valence-electron chi connectivity index (χ0n) is 23.6. The fourth-order valence-electron chi connectivity index (χ4n) is 5.79. The van der Waals surface area contributed by atoms with Crippen molar-refractivity contribution in [3.05, 3.63) is 23.8 Å². The van der Waals surface area contributed by atoms with Gasteiger partial charge in [0, 0.05) is 19.5 Å². The average molecular weight is 487 g/mol. The highest BCUT2D eigenvalue weighted by Crippen LogP contribution is 2.50. The van der Waals surface area contributed by atoms with Crippen LogP contribution in [0.5, 0.6) is 5.75 Å². The Labute approximate surface area is 216 Å². The fourth-order valence-corrected chi connectivity index (χ4v) is 5.79. The molecule has 200 valence electrons. The molecule has 1 aromatic rings. The molecule has 2 aliphatic carbocycles. The molecule has 0 spiro atoms. The van der Waals surface area contributed by atoms with Crippen LogP contribution in [0.1, 0.15) is 123 Å². The monoisotopic (exact) mass is 486 g/mol. The number of amides is 1. The van der Waals surface area contributed by atoms with Gasteiger partial charge in [-0.1, -0.05) is 78.2 Å². The first-order valence-electron chi connectivity index (χ1n) is 14.7. The lowest BCUT2D eigenvalue weighted by Crippen LogP contribution is -2.38. The highest BCUT2D eigenvalue weighted by Gasteiger charge is 2.39. The summed E-state index contributed by atoms with van der Waals surface area (Å²) in [5.74, 6) is 1.93. The minimum Gasteiger partial charge on any atom is -0.497 e. The van der Waals surface area contributed by atoms with Crippen molar-refractivity contribution in [1.82, 2.24) is 5.32 Å². The van der Waals surface area contributed by atoms with E-state index in [1.807, 2.05) is 11.0 Å². The topological polar surface area (TPSA) is 41.6 Å². The van der Waals surface area contributed by atoms with E-state index in [1.54, 1.807) is 14.0 Å². The number of carbonyl (C=O) groups is 1. The third-order valence-corrected chi connectivity index (χ3v) is 8.33. The molecule has 2 saturated carbocycles. The average Bonchev–Trinajstić information content (AvgIpc) is 2.81. The van der Waals surface area contributed by atoms with Gasteiger partial charge in [0.1, 0.15) is 5.75 Å². The number of hydrogen-bond donors (Lipinski definition) is 1. The van der Waals surface area contributed by atoms with E-state index in [4.69, 9.17) is 4.74 Å². The number of carbonyl (C=O) groups excluding carboxylic acids is 1. The molecule has 0 aliphatic heterocycles. The van der Waals surface area contributed by atoms with Crippen molar-refractivity contribution < 1.29 is 9.53 Å². The number of unbranched alkanes of at least 4 members (excludes halogenated alkanes) is 2. The summed E-state index contributed by atoms with van der Waals surface area (Å²) in [4.78, 5) is 14.3. The minimum atomic E-state index is 0.126. The largest absolute Gasteiger partial charge is 0.497 e. The normalized spacial score (nSPS) is 17.9. The molecule has 4 nitrogen and oxygen atoms in total. The molecular formula is C31H54N2O2. The number of methoxy groups -OCH3 is 1. The molecule has 0 heterocycles. The maximum Gasteiger partial charge on any atom is 0.223 e. The molecule has 4 heteroatoms. The predicted octanol–water partition coefficient (Wildman–Crippen LogP) is 8.03. The highest BCUT2D eigenvalue weighted by atomic mass is 16.5. The van der Waals surface area contributed by atoms with E-state index >= 15 is 0 Å². The first-order valence-corrected chi connectivity index (χ1v) is 14.7. The van der Waals surface area contributed by atoms with Gasteiger partial charge < -0.3 is 15.0 Å². The lowest BCUT2D eigenvalue weighted by atomic mass is 9.62. The third-order valence-electron chi connectivity index (χ3n) is 8.33. The fraction of sp³-hybridized carbons (Fsp3) is 0.774. The number of nitrogens with one attached hydrogen (secondary N) is 1. The Hall–Kier alpha value is -1.55. The van der Waals surface area contributed by atoms with Gasteiger partial charge in [0.2, 0.25) is 5.91 Å². The molecule has 1 N–H and O–H groups in total. The Kier molecular flexibility index (Phi) is 13.8. The van der Waals surface area contributed by atoms with Crippen molar-refractivity contribution in [2.75, 3.05) is 31.6 Å². The molecule has 0 bridgehead atoms. The van der Waals surface area contributed by atoms with Crippen LogP contribution in [-0.2, 0) is 10.2 Å². The van der Waals surface area contributed by atoms with Gasteiger partial charge in [-0.2, -0.15) is 0 Å². The van der Waals surface area contributed by atoms with Crippen LogP contribution in [0.25, 0.3) is 0 Å². The van der Waals surface area contributed by atoms with E-state index in [2.05, 4.69) is 38.2 Å². The summed E-state index contributed by atoms with van der Waals surface area (Å²) in [6.45, 7) is 11.5. The molecular weight excluding hydrogens is 432 g/mol. The second kappa shape index (κ2) is 16.2. The molecule has 1 amide bonds. The molecule has 0 radical (unpaired) electrons. The van der Waals surface area contributed by atoms with Crippen LogP contribution < -0.4 is 15.0 Å². The first kappa shape index (κ1) is 29.7. The molecule has 3 rings (SSSR count). The SMILES string of the molecule is CCCCCN(C(C)=O)c1cc(OC)ccc1C1(CC)CCC1.CCNCC1CCCCCCC1. The van der Waals surface area contributed by atoms with Crippen LogP contribution in [0.2, 0.25) is 0 Å². The van der Waals surface area contributed by atoms with Gasteiger partial charge in [-0.25, -0.2) is 0 Å². The van der Waals surface area contributed by atoms with Crippen LogP contribution in [0.15, 0.2) is 18.2 Å². The number of rotatable bonds is 11. The smallest absolute Gasteiger partial charge is 0.223 e. The molecule has 2 fully saturated rings. The summed E-state index contributed by atoms with van der Waals surface area (Å²) in [7, 11) is 1.69. The van der Waals surface area contributed by atoms with Gasteiger partial charge in [0.25, 0.3) is 0 Å². The molecule has 2 aliphatic rings. The van der Waals surface area contributed by atoms with Gasteiger partial charge in [-0.3, -0.25) is 4.79 Å². The second-order valence-corrected chi connectivity index (χ2v) is 10.8. The quantitative estimate of drug-likeness (QED) is 0.322. The summed E-state index contributed by atoms with van der Waals surface area (Å²) < 4.78 is 5.43. The van der Waals surface area contributed by atoms with Crippen LogP contribution in [0.3, 0.4) is 0 Å². The van der Waals surface area contributed by atoms with Gasteiger partial charge in [-0.15, -0.1) is 0 Å². The summed E-state index contributed by atoms with van der Waals surface area (Å²) in [5, 5.41) is 3.47. The van der Waals surface area contributed by atoms with Crippen LogP contribution in [0, 0.1) is 5.92 Å². The van der Waals surface area contributed by atoms with Crippen LogP contribution in [-0.4, -0.2) is 32.7 Å². The van der Waals surface area contributed by atoms with E-state index in [-0.39, 0.29) is 11.3 Å². The van der Waals surface area contributed by atoms with E-state index in [9.17, 15) is 4.79 Å². The van der Waals surface area contributed by atoms with Crippen molar-refractivity contribution in [2.45, 2.75) is 123 Å². The van der Waals surface area contributed by atoms with Gasteiger partial charge in [0.05, 0.1) is 12.8 Å². The second-order valence-electron chi connectivity index (χ2n) is 10.8. The van der Waals surface area contributed by atoms with E-state index in [0.717, 1.165) is 56.1 Å². The number of nitrogens with zero attached hydrogens (tertiary/aromatic N) is 1. The summed E-state index contributed by atoms with van der Waals surface area (Å²) in [6.07, 6.45) is 18.5. The molecule has 0 unspecified atom stereocenters. The first-order chi connectivity index (χ1) is 17.0. The van der Waals surface area contributed by atoms with Crippen molar-refractivity contribution in [3.63, 3.8) is 0 Å². The van der Waals surface area contributed by atoms with Gasteiger partial charge in [0.15, 0.2) is 0 Å². The van der Waals surface area contributed by atoms with Gasteiger partial charge >= 0.3 is 0 Å². The Bertz CT molecular complexity index is 712. The minimum absolute atomic E-state index is 0.126. The zero-order chi connectivity index (χ0) is 25.5.